The fourth-order valence-electron chi connectivity index (χ4n) is 2.74. The van der Waals surface area contributed by atoms with Gasteiger partial charge in [-0.05, 0) is 38.3 Å². The van der Waals surface area contributed by atoms with Crippen molar-refractivity contribution in [1.29, 1.82) is 0 Å². The minimum atomic E-state index is -1.30. The molecule has 0 radical (unpaired) electrons. The van der Waals surface area contributed by atoms with Gasteiger partial charge in [0, 0.05) is 13.0 Å². The Labute approximate surface area is 130 Å². The van der Waals surface area contributed by atoms with Gasteiger partial charge in [-0.2, -0.15) is 0 Å². The number of hydrogen-bond acceptors (Lipinski definition) is 3. The van der Waals surface area contributed by atoms with Gasteiger partial charge in [0.05, 0.1) is 13.2 Å². The van der Waals surface area contributed by atoms with Crippen molar-refractivity contribution in [3.8, 4) is 0 Å². The smallest absolute Gasteiger partial charge is 0.337 e. The predicted octanol–water partition coefficient (Wildman–Crippen LogP) is 1.94. The quantitative estimate of drug-likeness (QED) is 0.923. The first-order chi connectivity index (χ1) is 10.3. The summed E-state index contributed by atoms with van der Waals surface area (Å²) in [5.41, 5.74) is 2.25. The highest BCUT2D eigenvalue weighted by molar-refractivity contribution is 5.81. The lowest BCUT2D eigenvalue weighted by molar-refractivity contribution is -0.177. The molecule has 1 N–H and O–H groups in total. The van der Waals surface area contributed by atoms with E-state index in [1.165, 1.54) is 18.1 Å². The monoisotopic (exact) mass is 305 g/mol. The van der Waals surface area contributed by atoms with E-state index in [0.29, 0.717) is 19.4 Å². The molecule has 1 aromatic carbocycles. The maximum Gasteiger partial charge on any atom is 0.337 e. The van der Waals surface area contributed by atoms with E-state index in [4.69, 9.17) is 4.74 Å². The van der Waals surface area contributed by atoms with Crippen LogP contribution in [-0.4, -0.2) is 47.2 Å². The average molecular weight is 305 g/mol. The van der Waals surface area contributed by atoms with Gasteiger partial charge >= 0.3 is 5.97 Å². The van der Waals surface area contributed by atoms with E-state index in [-0.39, 0.29) is 19.1 Å². The van der Waals surface area contributed by atoms with E-state index in [1.54, 1.807) is 4.90 Å². The Morgan fingerprint density at radius 1 is 1.36 bits per heavy atom. The number of aryl methyl sites for hydroxylation is 3. The third kappa shape index (κ3) is 3.65. The molecule has 2 rings (SSSR count). The second kappa shape index (κ2) is 6.48. The number of benzene rings is 1. The highest BCUT2D eigenvalue weighted by atomic mass is 16.5. The third-order valence-corrected chi connectivity index (χ3v) is 4.19. The zero-order valence-corrected chi connectivity index (χ0v) is 13.4. The van der Waals surface area contributed by atoms with E-state index in [2.05, 4.69) is 12.1 Å². The Kier molecular flexibility index (Phi) is 4.86. The lowest BCUT2D eigenvalue weighted by Gasteiger charge is -2.37. The summed E-state index contributed by atoms with van der Waals surface area (Å²) < 4.78 is 5.31. The Morgan fingerprint density at radius 2 is 2.09 bits per heavy atom. The van der Waals surface area contributed by atoms with Crippen molar-refractivity contribution in [1.82, 2.24) is 4.90 Å². The zero-order chi connectivity index (χ0) is 16.3. The van der Waals surface area contributed by atoms with Crippen LogP contribution < -0.4 is 0 Å². The summed E-state index contributed by atoms with van der Waals surface area (Å²) in [6, 6.07) is 6.21. The molecule has 0 aromatic heterocycles. The second-order valence-corrected chi connectivity index (χ2v) is 6.13. The molecule has 0 saturated carbocycles. The number of carboxylic acid groups (broad SMARTS) is 1. The summed E-state index contributed by atoms with van der Waals surface area (Å²) in [4.78, 5) is 25.2. The first-order valence-corrected chi connectivity index (χ1v) is 7.53. The summed E-state index contributed by atoms with van der Waals surface area (Å²) in [6.45, 7) is 6.42. The minimum Gasteiger partial charge on any atom is -0.479 e. The molecule has 22 heavy (non-hydrogen) atoms. The van der Waals surface area contributed by atoms with Gasteiger partial charge in [-0.15, -0.1) is 0 Å². The molecule has 0 bridgehead atoms. The summed E-state index contributed by atoms with van der Waals surface area (Å²) in [7, 11) is 0. The van der Waals surface area contributed by atoms with E-state index >= 15 is 0 Å². The number of carbonyl (C=O) groups is 2. The van der Waals surface area contributed by atoms with Crippen molar-refractivity contribution >= 4 is 11.9 Å². The molecule has 1 fully saturated rings. The number of rotatable bonds is 4. The van der Waals surface area contributed by atoms with Crippen LogP contribution in [0.3, 0.4) is 0 Å². The molecule has 5 heteroatoms. The predicted molar refractivity (Wildman–Crippen MR) is 82.8 cm³/mol. The van der Waals surface area contributed by atoms with E-state index < -0.39 is 11.6 Å². The molecule has 1 atom stereocenters. The maximum absolute atomic E-state index is 12.3. The number of nitrogens with zero attached hydrogens (tertiary/aromatic N) is 1. The van der Waals surface area contributed by atoms with Crippen LogP contribution in [0.2, 0.25) is 0 Å². The Hall–Kier alpha value is -1.88. The fourth-order valence-corrected chi connectivity index (χ4v) is 2.74. The molecule has 1 saturated heterocycles. The molecule has 5 nitrogen and oxygen atoms in total. The number of carbonyl (C=O) groups excluding carboxylic acids is 1. The minimum absolute atomic E-state index is 0.0178. The van der Waals surface area contributed by atoms with Crippen molar-refractivity contribution in [2.45, 2.75) is 39.2 Å². The zero-order valence-electron chi connectivity index (χ0n) is 13.4. The molecule has 0 aliphatic carbocycles. The molecule has 1 aliphatic heterocycles. The first-order valence-electron chi connectivity index (χ1n) is 7.53. The molecule has 1 amide bonds. The maximum atomic E-state index is 12.3. The van der Waals surface area contributed by atoms with Crippen LogP contribution in [0.15, 0.2) is 18.2 Å². The van der Waals surface area contributed by atoms with Gasteiger partial charge in [0.15, 0.2) is 5.60 Å². The van der Waals surface area contributed by atoms with Crippen molar-refractivity contribution in [2.24, 2.45) is 0 Å². The Balaban J connectivity index is 1.96. The lowest BCUT2D eigenvalue weighted by Crippen LogP contribution is -2.56. The number of morpholine rings is 1. The highest BCUT2D eigenvalue weighted by Gasteiger charge is 2.40. The van der Waals surface area contributed by atoms with Crippen LogP contribution in [0.1, 0.15) is 30.0 Å². The molecule has 120 valence electrons. The van der Waals surface area contributed by atoms with E-state index in [9.17, 15) is 14.7 Å². The Morgan fingerprint density at radius 3 is 2.73 bits per heavy atom. The topological polar surface area (TPSA) is 66.8 Å². The van der Waals surface area contributed by atoms with Crippen molar-refractivity contribution in [3.05, 3.63) is 34.9 Å². The summed E-state index contributed by atoms with van der Waals surface area (Å²) in [5.74, 6) is -1.05. The van der Waals surface area contributed by atoms with Crippen molar-refractivity contribution in [3.63, 3.8) is 0 Å². The molecule has 0 spiro atoms. The van der Waals surface area contributed by atoms with Crippen molar-refractivity contribution < 1.29 is 19.4 Å². The first kappa shape index (κ1) is 16.5. The summed E-state index contributed by atoms with van der Waals surface area (Å²) >= 11 is 0. The van der Waals surface area contributed by atoms with Crippen LogP contribution in [0.5, 0.6) is 0 Å². The SMILES string of the molecule is Cc1ccc(CCC(=O)N2CCOC(C)(C(=O)O)C2)c(C)c1. The molecular formula is C17H23NO4. The van der Waals surface area contributed by atoms with Crippen LogP contribution in [-0.2, 0) is 20.7 Å². The van der Waals surface area contributed by atoms with Crippen LogP contribution >= 0.6 is 0 Å². The standard InChI is InChI=1S/C17H23NO4/c1-12-4-5-14(13(2)10-12)6-7-15(19)18-8-9-22-17(3,11-18)16(20)21/h4-5,10H,6-9,11H2,1-3H3,(H,20,21). The average Bonchev–Trinajstić information content (AvgIpc) is 2.46. The molecule has 1 heterocycles. The third-order valence-electron chi connectivity index (χ3n) is 4.19. The highest BCUT2D eigenvalue weighted by Crippen LogP contribution is 2.19. The van der Waals surface area contributed by atoms with Gasteiger partial charge in [0.2, 0.25) is 5.91 Å². The van der Waals surface area contributed by atoms with Crippen molar-refractivity contribution in [2.75, 3.05) is 19.7 Å². The lowest BCUT2D eigenvalue weighted by atomic mass is 10.0. The molecular weight excluding hydrogens is 282 g/mol. The largest absolute Gasteiger partial charge is 0.479 e. The van der Waals surface area contributed by atoms with Crippen LogP contribution in [0.4, 0.5) is 0 Å². The fraction of sp³-hybridized carbons (Fsp3) is 0.529. The number of aliphatic carboxylic acids is 1. The van der Waals surface area contributed by atoms with Gasteiger partial charge in [-0.3, -0.25) is 4.79 Å². The van der Waals surface area contributed by atoms with Gasteiger partial charge in [-0.1, -0.05) is 23.8 Å². The summed E-state index contributed by atoms with van der Waals surface area (Å²) in [6.07, 6.45) is 1.06. The number of carboxylic acids is 1. The Bertz CT molecular complexity index is 584. The molecule has 1 unspecified atom stereocenters. The molecule has 1 aliphatic rings. The normalized spacial score (nSPS) is 21.7. The van der Waals surface area contributed by atoms with Gasteiger partial charge in [-0.25, -0.2) is 4.79 Å². The van der Waals surface area contributed by atoms with Gasteiger partial charge in [0.25, 0.3) is 0 Å². The van der Waals surface area contributed by atoms with Crippen LogP contribution in [0.25, 0.3) is 0 Å². The van der Waals surface area contributed by atoms with Gasteiger partial charge < -0.3 is 14.7 Å². The number of amides is 1. The van der Waals surface area contributed by atoms with E-state index in [0.717, 1.165) is 5.56 Å². The second-order valence-electron chi connectivity index (χ2n) is 6.13. The number of hydrogen-bond donors (Lipinski definition) is 1. The number of ether oxygens (including phenoxy) is 1. The summed E-state index contributed by atoms with van der Waals surface area (Å²) in [5, 5.41) is 9.20. The van der Waals surface area contributed by atoms with Crippen LogP contribution in [0, 0.1) is 13.8 Å². The molecule has 1 aromatic rings. The van der Waals surface area contributed by atoms with Gasteiger partial charge in [0.1, 0.15) is 0 Å². The van der Waals surface area contributed by atoms with E-state index in [1.807, 2.05) is 19.9 Å².